The molecule has 0 radical (unpaired) electrons. The number of hydrogen-bond acceptors (Lipinski definition) is 4. The van der Waals surface area contributed by atoms with Crippen LogP contribution in [0.25, 0.3) is 0 Å². The van der Waals surface area contributed by atoms with Crippen molar-refractivity contribution in [2.45, 2.75) is 44.6 Å². The van der Waals surface area contributed by atoms with Gasteiger partial charge in [0.05, 0.1) is 17.9 Å². The summed E-state index contributed by atoms with van der Waals surface area (Å²) >= 11 is 0. The van der Waals surface area contributed by atoms with Crippen LogP contribution in [-0.2, 0) is 14.8 Å². The van der Waals surface area contributed by atoms with Crippen molar-refractivity contribution in [2.24, 2.45) is 5.92 Å². The molecule has 2 N–H and O–H groups in total. The van der Waals surface area contributed by atoms with Gasteiger partial charge in [0.2, 0.25) is 10.0 Å². The van der Waals surface area contributed by atoms with E-state index in [0.717, 1.165) is 19.3 Å². The van der Waals surface area contributed by atoms with Crippen LogP contribution in [0.15, 0.2) is 0 Å². The standard InChI is InChI=1S/C12H25NO4S/c1-11-5-3-6-12(9-11,10-14)13-18(15,16)8-4-7-17-2/h11,13-14H,3-10H2,1-2H3. The molecule has 0 aromatic heterocycles. The number of rotatable bonds is 7. The van der Waals surface area contributed by atoms with E-state index in [1.807, 2.05) is 0 Å². The van der Waals surface area contributed by atoms with Gasteiger partial charge >= 0.3 is 0 Å². The van der Waals surface area contributed by atoms with E-state index in [1.54, 1.807) is 7.11 Å². The first-order chi connectivity index (χ1) is 8.43. The highest BCUT2D eigenvalue weighted by Gasteiger charge is 2.37. The van der Waals surface area contributed by atoms with Gasteiger partial charge in [0, 0.05) is 13.7 Å². The van der Waals surface area contributed by atoms with Crippen LogP contribution in [-0.4, -0.2) is 45.1 Å². The summed E-state index contributed by atoms with van der Waals surface area (Å²) < 4.78 is 31.5. The molecule has 0 heterocycles. The number of sulfonamides is 1. The summed E-state index contributed by atoms with van der Waals surface area (Å²) in [5, 5.41) is 9.54. The van der Waals surface area contributed by atoms with E-state index in [2.05, 4.69) is 11.6 Å². The molecule has 0 saturated heterocycles. The van der Waals surface area contributed by atoms with Crippen molar-refractivity contribution in [2.75, 3.05) is 26.1 Å². The summed E-state index contributed by atoms with van der Waals surface area (Å²) in [5.74, 6) is 0.504. The first-order valence-electron chi connectivity index (χ1n) is 6.54. The Morgan fingerprint density at radius 3 is 2.78 bits per heavy atom. The van der Waals surface area contributed by atoms with Crippen molar-refractivity contribution in [3.8, 4) is 0 Å². The Morgan fingerprint density at radius 2 is 2.22 bits per heavy atom. The maximum atomic E-state index is 12.0. The van der Waals surface area contributed by atoms with Gasteiger partial charge in [0.25, 0.3) is 0 Å². The molecule has 18 heavy (non-hydrogen) atoms. The Hall–Kier alpha value is -0.170. The van der Waals surface area contributed by atoms with Crippen LogP contribution < -0.4 is 4.72 Å². The molecule has 5 nitrogen and oxygen atoms in total. The van der Waals surface area contributed by atoms with Crippen LogP contribution in [0.1, 0.15) is 39.0 Å². The zero-order valence-electron chi connectivity index (χ0n) is 11.3. The van der Waals surface area contributed by atoms with Crippen molar-refractivity contribution in [1.29, 1.82) is 0 Å². The van der Waals surface area contributed by atoms with E-state index in [0.29, 0.717) is 25.4 Å². The number of aliphatic hydroxyl groups excluding tert-OH is 1. The average Bonchev–Trinajstić information content (AvgIpc) is 2.28. The SMILES string of the molecule is COCCCS(=O)(=O)NC1(CO)CCCC(C)C1. The fourth-order valence-electron chi connectivity index (χ4n) is 2.70. The molecular weight excluding hydrogens is 254 g/mol. The number of ether oxygens (including phenoxy) is 1. The first kappa shape index (κ1) is 15.9. The summed E-state index contributed by atoms with van der Waals surface area (Å²) in [6.45, 7) is 2.41. The van der Waals surface area contributed by atoms with Gasteiger partial charge in [-0.05, 0) is 25.2 Å². The predicted octanol–water partition coefficient (Wildman–Crippen LogP) is 0.883. The lowest BCUT2D eigenvalue weighted by Gasteiger charge is -2.39. The van der Waals surface area contributed by atoms with E-state index in [9.17, 15) is 13.5 Å². The minimum atomic E-state index is -3.34. The van der Waals surface area contributed by atoms with E-state index >= 15 is 0 Å². The summed E-state index contributed by atoms with van der Waals surface area (Å²) in [7, 11) is -1.78. The highest BCUT2D eigenvalue weighted by atomic mass is 32.2. The molecule has 108 valence electrons. The monoisotopic (exact) mass is 279 g/mol. The molecule has 1 fully saturated rings. The van der Waals surface area contributed by atoms with Gasteiger partial charge in [0.15, 0.2) is 0 Å². The lowest BCUT2D eigenvalue weighted by Crippen LogP contribution is -2.54. The van der Waals surface area contributed by atoms with E-state index < -0.39 is 15.6 Å². The molecule has 6 heteroatoms. The normalized spacial score (nSPS) is 29.4. The van der Waals surface area contributed by atoms with Crippen molar-refractivity contribution in [3.05, 3.63) is 0 Å². The van der Waals surface area contributed by atoms with Crippen molar-refractivity contribution < 1.29 is 18.3 Å². The zero-order chi connectivity index (χ0) is 13.6. The third kappa shape index (κ3) is 4.84. The van der Waals surface area contributed by atoms with Crippen LogP contribution >= 0.6 is 0 Å². The zero-order valence-corrected chi connectivity index (χ0v) is 12.1. The topological polar surface area (TPSA) is 75.6 Å². The second-order valence-corrected chi connectivity index (χ2v) is 7.25. The Morgan fingerprint density at radius 1 is 1.50 bits per heavy atom. The van der Waals surface area contributed by atoms with Crippen LogP contribution in [0, 0.1) is 5.92 Å². The maximum Gasteiger partial charge on any atom is 0.212 e. The number of methoxy groups -OCH3 is 1. The van der Waals surface area contributed by atoms with Crippen LogP contribution in [0.5, 0.6) is 0 Å². The quantitative estimate of drug-likeness (QED) is 0.678. The van der Waals surface area contributed by atoms with Gasteiger partial charge in [-0.25, -0.2) is 13.1 Å². The molecule has 0 aromatic carbocycles. The van der Waals surface area contributed by atoms with Crippen LogP contribution in [0.3, 0.4) is 0 Å². The Kier molecular flexibility index (Phi) is 6.04. The largest absolute Gasteiger partial charge is 0.394 e. The molecule has 0 aliphatic heterocycles. The number of nitrogens with one attached hydrogen (secondary N) is 1. The second-order valence-electron chi connectivity index (χ2n) is 5.41. The molecule has 1 aliphatic rings. The fourth-order valence-corrected chi connectivity index (χ4v) is 4.21. The summed E-state index contributed by atoms with van der Waals surface area (Å²) in [6.07, 6.45) is 3.97. The van der Waals surface area contributed by atoms with Gasteiger partial charge in [-0.2, -0.15) is 0 Å². The Labute approximate surface area is 110 Å². The van der Waals surface area contributed by atoms with Gasteiger partial charge in [0.1, 0.15) is 0 Å². The Bertz CT molecular complexity index is 344. The molecule has 0 amide bonds. The fraction of sp³-hybridized carbons (Fsp3) is 1.00. The van der Waals surface area contributed by atoms with Crippen LogP contribution in [0.4, 0.5) is 0 Å². The van der Waals surface area contributed by atoms with Gasteiger partial charge in [-0.1, -0.05) is 19.8 Å². The molecule has 0 aromatic rings. The highest BCUT2D eigenvalue weighted by Crippen LogP contribution is 2.32. The van der Waals surface area contributed by atoms with Crippen molar-refractivity contribution in [3.63, 3.8) is 0 Å². The number of aliphatic hydroxyl groups is 1. The van der Waals surface area contributed by atoms with Gasteiger partial charge in [-0.15, -0.1) is 0 Å². The van der Waals surface area contributed by atoms with E-state index in [1.165, 1.54) is 0 Å². The van der Waals surface area contributed by atoms with Crippen molar-refractivity contribution in [1.82, 2.24) is 4.72 Å². The van der Waals surface area contributed by atoms with Crippen LogP contribution in [0.2, 0.25) is 0 Å². The summed E-state index contributed by atoms with van der Waals surface area (Å²) in [6, 6.07) is 0. The molecule has 0 spiro atoms. The molecule has 2 atom stereocenters. The van der Waals surface area contributed by atoms with Gasteiger partial charge in [-0.3, -0.25) is 0 Å². The highest BCUT2D eigenvalue weighted by molar-refractivity contribution is 7.89. The second kappa shape index (κ2) is 6.84. The summed E-state index contributed by atoms with van der Waals surface area (Å²) in [5.41, 5.74) is -0.649. The Balaban J connectivity index is 2.61. The first-order valence-corrected chi connectivity index (χ1v) is 8.20. The molecular formula is C12H25NO4S. The lowest BCUT2D eigenvalue weighted by molar-refractivity contribution is 0.119. The predicted molar refractivity (Wildman–Crippen MR) is 70.9 cm³/mol. The third-order valence-electron chi connectivity index (χ3n) is 3.53. The third-order valence-corrected chi connectivity index (χ3v) is 5.10. The minimum Gasteiger partial charge on any atom is -0.394 e. The minimum absolute atomic E-state index is 0.0526. The summed E-state index contributed by atoms with van der Waals surface area (Å²) in [4.78, 5) is 0. The molecule has 0 bridgehead atoms. The number of hydrogen-bond donors (Lipinski definition) is 2. The average molecular weight is 279 g/mol. The van der Waals surface area contributed by atoms with E-state index in [-0.39, 0.29) is 12.4 Å². The molecule has 1 saturated carbocycles. The van der Waals surface area contributed by atoms with E-state index in [4.69, 9.17) is 4.74 Å². The molecule has 1 rings (SSSR count). The molecule has 2 unspecified atom stereocenters. The van der Waals surface area contributed by atoms with Crippen molar-refractivity contribution >= 4 is 10.0 Å². The molecule has 1 aliphatic carbocycles. The maximum absolute atomic E-state index is 12.0. The van der Waals surface area contributed by atoms with Gasteiger partial charge < -0.3 is 9.84 Å². The smallest absolute Gasteiger partial charge is 0.212 e. The lowest BCUT2D eigenvalue weighted by atomic mass is 9.78.